The van der Waals surface area contributed by atoms with E-state index in [4.69, 9.17) is 9.15 Å². The van der Waals surface area contributed by atoms with Gasteiger partial charge in [0.1, 0.15) is 11.3 Å². The zero-order valence-electron chi connectivity index (χ0n) is 15.6. The molecule has 0 aliphatic rings. The number of carbonyl (C=O) groups excluding carboxylic acids is 2. The van der Waals surface area contributed by atoms with Crippen molar-refractivity contribution in [2.75, 3.05) is 21.2 Å². The fourth-order valence-corrected chi connectivity index (χ4v) is 2.89. The van der Waals surface area contributed by atoms with E-state index in [0.717, 1.165) is 16.5 Å². The summed E-state index contributed by atoms with van der Waals surface area (Å²) in [5, 5.41) is 3.50. The van der Waals surface area contributed by atoms with Gasteiger partial charge in [-0.2, -0.15) is 0 Å². The van der Waals surface area contributed by atoms with Crippen LogP contribution in [0.15, 0.2) is 53.1 Å². The summed E-state index contributed by atoms with van der Waals surface area (Å²) in [7, 11) is 4.96. The number of furan rings is 1. The number of hydrogen-bond donors (Lipinski definition) is 1. The summed E-state index contributed by atoms with van der Waals surface area (Å²) < 4.78 is 10.7. The topological polar surface area (TPSA) is 71.8 Å². The number of ether oxygens (including phenoxy) is 1. The van der Waals surface area contributed by atoms with Crippen LogP contribution in [0.3, 0.4) is 0 Å². The number of methoxy groups -OCH3 is 1. The molecule has 140 valence electrons. The van der Waals surface area contributed by atoms with Crippen molar-refractivity contribution >= 4 is 22.8 Å². The second-order valence-electron chi connectivity index (χ2n) is 6.33. The molecule has 2 aromatic carbocycles. The van der Waals surface area contributed by atoms with Gasteiger partial charge >= 0.3 is 0 Å². The first-order valence-electron chi connectivity index (χ1n) is 8.61. The van der Waals surface area contributed by atoms with E-state index in [1.54, 1.807) is 50.6 Å². The number of nitrogens with zero attached hydrogens (tertiary/aromatic N) is 1. The predicted octanol–water partition coefficient (Wildman–Crippen LogP) is 3.00. The molecule has 0 fully saturated rings. The Labute approximate surface area is 157 Å². The molecule has 0 saturated heterocycles. The van der Waals surface area contributed by atoms with Gasteiger partial charge in [-0.05, 0) is 29.8 Å². The van der Waals surface area contributed by atoms with Crippen LogP contribution in [0.2, 0.25) is 0 Å². The fraction of sp³-hybridized carbons (Fsp3) is 0.238. The van der Waals surface area contributed by atoms with E-state index in [1.165, 1.54) is 0 Å². The highest BCUT2D eigenvalue weighted by Crippen LogP contribution is 2.26. The standard InChI is InChI=1S/C21H22N2O4/c1-22-21(25)15-6-4-14(5-7-15)12-23(2)20(24)10-16-13-27-19-11-17(26-3)8-9-18(16)19/h4-9,11,13H,10,12H2,1-3H3,(H,22,25). The minimum Gasteiger partial charge on any atom is -0.497 e. The molecule has 3 aromatic rings. The summed E-state index contributed by atoms with van der Waals surface area (Å²) >= 11 is 0. The van der Waals surface area contributed by atoms with Gasteiger partial charge in [-0.3, -0.25) is 9.59 Å². The Hall–Kier alpha value is -3.28. The average molecular weight is 366 g/mol. The van der Waals surface area contributed by atoms with E-state index in [0.29, 0.717) is 23.4 Å². The van der Waals surface area contributed by atoms with Crippen molar-refractivity contribution in [3.05, 3.63) is 65.4 Å². The van der Waals surface area contributed by atoms with Crippen molar-refractivity contribution in [1.82, 2.24) is 10.2 Å². The maximum atomic E-state index is 12.6. The molecular weight excluding hydrogens is 344 g/mol. The van der Waals surface area contributed by atoms with Crippen molar-refractivity contribution in [1.29, 1.82) is 0 Å². The summed E-state index contributed by atoms with van der Waals surface area (Å²) in [6, 6.07) is 12.8. The Morgan fingerprint density at radius 3 is 2.56 bits per heavy atom. The maximum absolute atomic E-state index is 12.6. The van der Waals surface area contributed by atoms with Gasteiger partial charge in [0, 0.05) is 43.2 Å². The van der Waals surface area contributed by atoms with E-state index >= 15 is 0 Å². The van der Waals surface area contributed by atoms with Crippen LogP contribution in [0, 0.1) is 0 Å². The third-order valence-corrected chi connectivity index (χ3v) is 4.49. The maximum Gasteiger partial charge on any atom is 0.251 e. The highest BCUT2D eigenvalue weighted by molar-refractivity contribution is 5.94. The Kier molecular flexibility index (Phi) is 5.45. The number of benzene rings is 2. The minimum atomic E-state index is -0.130. The molecule has 0 atom stereocenters. The molecule has 1 aromatic heterocycles. The lowest BCUT2D eigenvalue weighted by atomic mass is 10.1. The van der Waals surface area contributed by atoms with Crippen LogP contribution in [0.4, 0.5) is 0 Å². The van der Waals surface area contributed by atoms with Crippen molar-refractivity contribution in [3.63, 3.8) is 0 Å². The van der Waals surface area contributed by atoms with Crippen LogP contribution >= 0.6 is 0 Å². The summed E-state index contributed by atoms with van der Waals surface area (Å²) in [6.45, 7) is 0.469. The molecule has 0 saturated carbocycles. The van der Waals surface area contributed by atoms with Crippen LogP contribution in [0.1, 0.15) is 21.5 Å². The van der Waals surface area contributed by atoms with Crippen LogP contribution < -0.4 is 10.1 Å². The normalized spacial score (nSPS) is 10.6. The van der Waals surface area contributed by atoms with E-state index in [1.807, 2.05) is 24.3 Å². The molecule has 1 N–H and O–H groups in total. The van der Waals surface area contributed by atoms with Gasteiger partial charge in [0.2, 0.25) is 5.91 Å². The molecule has 3 rings (SSSR count). The Balaban J connectivity index is 1.66. The molecule has 0 radical (unpaired) electrons. The van der Waals surface area contributed by atoms with Gasteiger partial charge in [-0.15, -0.1) is 0 Å². The second kappa shape index (κ2) is 7.95. The third kappa shape index (κ3) is 4.11. The van der Waals surface area contributed by atoms with E-state index in [2.05, 4.69) is 5.32 Å². The summed E-state index contributed by atoms with van der Waals surface area (Å²) in [5.41, 5.74) is 3.10. The zero-order valence-corrected chi connectivity index (χ0v) is 15.6. The SMILES string of the molecule is CNC(=O)c1ccc(CN(C)C(=O)Cc2coc3cc(OC)ccc23)cc1. The van der Waals surface area contributed by atoms with Gasteiger partial charge < -0.3 is 19.4 Å². The number of fused-ring (bicyclic) bond motifs is 1. The fourth-order valence-electron chi connectivity index (χ4n) is 2.89. The highest BCUT2D eigenvalue weighted by Gasteiger charge is 2.15. The molecular formula is C21H22N2O4. The average Bonchev–Trinajstić information content (AvgIpc) is 3.09. The number of hydrogen-bond acceptors (Lipinski definition) is 4. The molecule has 2 amide bonds. The molecule has 0 unspecified atom stereocenters. The Morgan fingerprint density at radius 2 is 1.89 bits per heavy atom. The van der Waals surface area contributed by atoms with E-state index < -0.39 is 0 Å². The molecule has 6 heteroatoms. The number of carbonyl (C=O) groups is 2. The lowest BCUT2D eigenvalue weighted by molar-refractivity contribution is -0.129. The molecule has 0 aliphatic carbocycles. The zero-order chi connectivity index (χ0) is 19.4. The quantitative estimate of drug-likeness (QED) is 0.728. The Bertz CT molecular complexity index is 960. The van der Waals surface area contributed by atoms with Gasteiger partial charge in [-0.1, -0.05) is 12.1 Å². The summed E-state index contributed by atoms with van der Waals surface area (Å²) in [4.78, 5) is 25.9. The largest absolute Gasteiger partial charge is 0.497 e. The van der Waals surface area contributed by atoms with Crippen molar-refractivity contribution < 1.29 is 18.7 Å². The number of nitrogens with one attached hydrogen (secondary N) is 1. The monoisotopic (exact) mass is 366 g/mol. The van der Waals surface area contributed by atoms with Crippen molar-refractivity contribution in [2.24, 2.45) is 0 Å². The number of rotatable bonds is 6. The highest BCUT2D eigenvalue weighted by atomic mass is 16.5. The van der Waals surface area contributed by atoms with Crippen LogP contribution in [0.5, 0.6) is 5.75 Å². The number of likely N-dealkylation sites (N-methyl/N-ethyl adjacent to an activating group) is 1. The van der Waals surface area contributed by atoms with Crippen LogP contribution in [-0.4, -0.2) is 37.9 Å². The lowest BCUT2D eigenvalue weighted by Gasteiger charge is -2.17. The van der Waals surface area contributed by atoms with Gasteiger partial charge in [0.25, 0.3) is 5.91 Å². The summed E-state index contributed by atoms with van der Waals surface area (Å²) in [6.07, 6.45) is 1.88. The molecule has 27 heavy (non-hydrogen) atoms. The Morgan fingerprint density at radius 1 is 1.15 bits per heavy atom. The minimum absolute atomic E-state index is 0.0103. The first-order chi connectivity index (χ1) is 13.0. The number of amides is 2. The van der Waals surface area contributed by atoms with E-state index in [-0.39, 0.29) is 18.2 Å². The second-order valence-corrected chi connectivity index (χ2v) is 6.33. The molecule has 6 nitrogen and oxygen atoms in total. The van der Waals surface area contributed by atoms with Crippen LogP contribution in [-0.2, 0) is 17.8 Å². The molecule has 0 bridgehead atoms. The molecule has 0 spiro atoms. The third-order valence-electron chi connectivity index (χ3n) is 4.49. The first-order valence-corrected chi connectivity index (χ1v) is 8.61. The lowest BCUT2D eigenvalue weighted by Crippen LogP contribution is -2.27. The van der Waals surface area contributed by atoms with Gasteiger partial charge in [0.05, 0.1) is 19.8 Å². The van der Waals surface area contributed by atoms with Gasteiger partial charge in [0.15, 0.2) is 0 Å². The summed E-state index contributed by atoms with van der Waals surface area (Å²) in [5.74, 6) is 0.574. The smallest absolute Gasteiger partial charge is 0.251 e. The van der Waals surface area contributed by atoms with Crippen molar-refractivity contribution in [3.8, 4) is 5.75 Å². The first kappa shape index (κ1) is 18.5. The molecule has 0 aliphatic heterocycles. The van der Waals surface area contributed by atoms with Gasteiger partial charge in [-0.25, -0.2) is 0 Å². The van der Waals surface area contributed by atoms with Crippen LogP contribution in [0.25, 0.3) is 11.0 Å². The molecule has 1 heterocycles. The predicted molar refractivity (Wildman–Crippen MR) is 103 cm³/mol. The van der Waals surface area contributed by atoms with Crippen molar-refractivity contribution in [2.45, 2.75) is 13.0 Å². The van der Waals surface area contributed by atoms with E-state index in [9.17, 15) is 9.59 Å².